The number of rotatable bonds is 5. The van der Waals surface area contributed by atoms with Crippen LogP contribution >= 0.6 is 11.8 Å². The van der Waals surface area contributed by atoms with Crippen molar-refractivity contribution in [3.05, 3.63) is 23.8 Å². The molecule has 1 heterocycles. The van der Waals surface area contributed by atoms with Crippen LogP contribution in [0.25, 0.3) is 0 Å². The highest BCUT2D eigenvalue weighted by atomic mass is 32.2. The van der Waals surface area contributed by atoms with Crippen LogP contribution in [0, 0.1) is 0 Å². The summed E-state index contributed by atoms with van der Waals surface area (Å²) in [4.78, 5) is 11.5. The van der Waals surface area contributed by atoms with Crippen molar-refractivity contribution in [1.82, 2.24) is 5.32 Å². The Hall–Kier alpha value is -1.36. The van der Waals surface area contributed by atoms with Crippen molar-refractivity contribution in [2.75, 3.05) is 19.0 Å². The highest BCUT2D eigenvalue weighted by Crippen LogP contribution is 2.35. The fraction of sp³-hybridized carbons (Fsp3) is 0.500. The van der Waals surface area contributed by atoms with Gasteiger partial charge >= 0.3 is 0 Å². The van der Waals surface area contributed by atoms with E-state index in [0.717, 1.165) is 22.8 Å². The van der Waals surface area contributed by atoms with Crippen LogP contribution in [0.3, 0.4) is 0 Å². The minimum Gasteiger partial charge on any atom is -0.486 e. The highest BCUT2D eigenvalue weighted by molar-refractivity contribution is 7.99. The van der Waals surface area contributed by atoms with E-state index in [4.69, 9.17) is 9.47 Å². The molecule has 1 N–H and O–H groups in total. The summed E-state index contributed by atoms with van der Waals surface area (Å²) in [6.07, 6.45) is 0. The predicted molar refractivity (Wildman–Crippen MR) is 76.9 cm³/mol. The van der Waals surface area contributed by atoms with E-state index in [0.29, 0.717) is 19.0 Å². The van der Waals surface area contributed by atoms with Crippen LogP contribution in [0.4, 0.5) is 0 Å². The van der Waals surface area contributed by atoms with E-state index < -0.39 is 0 Å². The molecule has 19 heavy (non-hydrogen) atoms. The minimum absolute atomic E-state index is 0.0713. The second-order valence-corrected chi connectivity index (χ2v) is 5.64. The van der Waals surface area contributed by atoms with Crippen LogP contribution in [-0.2, 0) is 10.5 Å². The molecule has 0 atom stereocenters. The van der Waals surface area contributed by atoms with E-state index in [1.165, 1.54) is 0 Å². The van der Waals surface area contributed by atoms with Crippen LogP contribution < -0.4 is 14.8 Å². The Morgan fingerprint density at radius 2 is 2.16 bits per heavy atom. The zero-order valence-corrected chi connectivity index (χ0v) is 12.1. The Morgan fingerprint density at radius 3 is 2.95 bits per heavy atom. The van der Waals surface area contributed by atoms with Crippen LogP contribution in [0.1, 0.15) is 19.4 Å². The first-order valence-corrected chi connectivity index (χ1v) is 7.57. The fourth-order valence-corrected chi connectivity index (χ4v) is 2.68. The highest BCUT2D eigenvalue weighted by Gasteiger charge is 2.15. The maximum absolute atomic E-state index is 11.5. The molecule has 1 aliphatic rings. The SMILES string of the molecule is CC(C)NC(=O)CSCc1cccc2c1OCCO2. The van der Waals surface area contributed by atoms with E-state index in [1.54, 1.807) is 11.8 Å². The van der Waals surface area contributed by atoms with Gasteiger partial charge in [0.15, 0.2) is 11.5 Å². The first-order chi connectivity index (χ1) is 9.16. The number of para-hydroxylation sites is 1. The van der Waals surface area contributed by atoms with Crippen molar-refractivity contribution < 1.29 is 14.3 Å². The second kappa shape index (κ2) is 6.70. The van der Waals surface area contributed by atoms with Gasteiger partial charge in [0.2, 0.25) is 5.91 Å². The molecule has 1 aromatic rings. The molecule has 0 bridgehead atoms. The Bertz CT molecular complexity index is 448. The van der Waals surface area contributed by atoms with Gasteiger partial charge in [-0.3, -0.25) is 4.79 Å². The molecular weight excluding hydrogens is 262 g/mol. The molecule has 0 radical (unpaired) electrons. The summed E-state index contributed by atoms with van der Waals surface area (Å²) in [7, 11) is 0. The zero-order valence-electron chi connectivity index (χ0n) is 11.3. The number of fused-ring (bicyclic) bond motifs is 1. The molecule has 4 nitrogen and oxygen atoms in total. The maximum Gasteiger partial charge on any atom is 0.230 e. The Balaban J connectivity index is 1.88. The molecule has 2 rings (SSSR count). The third kappa shape index (κ3) is 4.06. The van der Waals surface area contributed by atoms with E-state index in [-0.39, 0.29) is 11.9 Å². The van der Waals surface area contributed by atoms with Crippen molar-refractivity contribution in [3.8, 4) is 11.5 Å². The molecule has 0 fully saturated rings. The van der Waals surface area contributed by atoms with Crippen LogP contribution in [0.5, 0.6) is 11.5 Å². The van der Waals surface area contributed by atoms with Gasteiger partial charge in [-0.2, -0.15) is 0 Å². The van der Waals surface area contributed by atoms with Gasteiger partial charge in [0.05, 0.1) is 5.75 Å². The lowest BCUT2D eigenvalue weighted by Crippen LogP contribution is -2.31. The summed E-state index contributed by atoms with van der Waals surface area (Å²) >= 11 is 1.58. The molecule has 104 valence electrons. The van der Waals surface area contributed by atoms with Crippen molar-refractivity contribution in [2.45, 2.75) is 25.6 Å². The minimum atomic E-state index is 0.0713. The molecule has 0 saturated heterocycles. The number of amides is 1. The Kier molecular flexibility index (Phi) is 4.96. The largest absolute Gasteiger partial charge is 0.486 e. The number of ether oxygens (including phenoxy) is 2. The van der Waals surface area contributed by atoms with Gasteiger partial charge in [-0.05, 0) is 19.9 Å². The lowest BCUT2D eigenvalue weighted by Gasteiger charge is -2.20. The average Bonchev–Trinajstić information content (AvgIpc) is 2.38. The van der Waals surface area contributed by atoms with Gasteiger partial charge in [0.1, 0.15) is 13.2 Å². The third-order valence-corrected chi connectivity index (χ3v) is 3.57. The summed E-state index contributed by atoms with van der Waals surface area (Å²) in [5.41, 5.74) is 1.08. The van der Waals surface area contributed by atoms with E-state index in [1.807, 2.05) is 32.0 Å². The molecule has 0 aromatic heterocycles. The number of thioether (sulfide) groups is 1. The number of nitrogens with one attached hydrogen (secondary N) is 1. The number of carbonyl (C=O) groups excluding carboxylic acids is 1. The van der Waals surface area contributed by atoms with Crippen LogP contribution in [-0.4, -0.2) is 30.9 Å². The Morgan fingerprint density at radius 1 is 1.37 bits per heavy atom. The lowest BCUT2D eigenvalue weighted by molar-refractivity contribution is -0.119. The quantitative estimate of drug-likeness (QED) is 0.899. The van der Waals surface area contributed by atoms with Crippen LogP contribution in [0.15, 0.2) is 18.2 Å². The summed E-state index contributed by atoms with van der Waals surface area (Å²) in [6, 6.07) is 6.07. The van der Waals surface area contributed by atoms with Crippen molar-refractivity contribution in [1.29, 1.82) is 0 Å². The zero-order chi connectivity index (χ0) is 13.7. The summed E-state index contributed by atoms with van der Waals surface area (Å²) in [5.74, 6) is 2.91. The smallest absolute Gasteiger partial charge is 0.230 e. The van der Waals surface area contributed by atoms with Crippen LogP contribution in [0.2, 0.25) is 0 Å². The summed E-state index contributed by atoms with van der Waals surface area (Å²) in [6.45, 7) is 5.10. The monoisotopic (exact) mass is 281 g/mol. The normalized spacial score (nSPS) is 13.4. The molecule has 0 spiro atoms. The van der Waals surface area contributed by atoms with Crippen molar-refractivity contribution in [3.63, 3.8) is 0 Å². The third-order valence-electron chi connectivity index (χ3n) is 2.59. The number of benzene rings is 1. The standard InChI is InChI=1S/C14H19NO3S/c1-10(2)15-13(16)9-19-8-11-4-3-5-12-14(11)18-7-6-17-12/h3-5,10H,6-9H2,1-2H3,(H,15,16). The topological polar surface area (TPSA) is 47.6 Å². The molecule has 0 aliphatic carbocycles. The first-order valence-electron chi connectivity index (χ1n) is 6.41. The fourth-order valence-electron chi connectivity index (χ4n) is 1.87. The maximum atomic E-state index is 11.5. The Labute approximate surface area is 117 Å². The second-order valence-electron chi connectivity index (χ2n) is 4.66. The summed E-state index contributed by atoms with van der Waals surface area (Å²) < 4.78 is 11.2. The van der Waals surface area contributed by atoms with Gasteiger partial charge in [-0.15, -0.1) is 11.8 Å². The molecule has 5 heteroatoms. The number of hydrogen-bond donors (Lipinski definition) is 1. The van der Waals surface area contributed by atoms with E-state index in [2.05, 4.69) is 5.32 Å². The molecule has 0 saturated carbocycles. The van der Waals surface area contributed by atoms with Crippen molar-refractivity contribution >= 4 is 17.7 Å². The van der Waals surface area contributed by atoms with Gasteiger partial charge in [-0.1, -0.05) is 12.1 Å². The number of hydrogen-bond acceptors (Lipinski definition) is 4. The average molecular weight is 281 g/mol. The predicted octanol–water partition coefficient (Wildman–Crippen LogP) is 2.22. The van der Waals surface area contributed by atoms with Gasteiger partial charge in [0.25, 0.3) is 0 Å². The van der Waals surface area contributed by atoms with Gasteiger partial charge < -0.3 is 14.8 Å². The molecule has 0 unspecified atom stereocenters. The van der Waals surface area contributed by atoms with Gasteiger partial charge in [-0.25, -0.2) is 0 Å². The molecule has 1 aromatic carbocycles. The number of carbonyl (C=O) groups is 1. The molecule has 1 aliphatic heterocycles. The first kappa shape index (κ1) is 14.1. The molecule has 1 amide bonds. The lowest BCUT2D eigenvalue weighted by atomic mass is 10.2. The van der Waals surface area contributed by atoms with Gasteiger partial charge in [0, 0.05) is 17.4 Å². The van der Waals surface area contributed by atoms with E-state index >= 15 is 0 Å². The molecular formula is C14H19NO3S. The van der Waals surface area contributed by atoms with Crippen molar-refractivity contribution in [2.24, 2.45) is 0 Å². The van der Waals surface area contributed by atoms with E-state index in [9.17, 15) is 4.79 Å². The summed E-state index contributed by atoms with van der Waals surface area (Å²) in [5, 5.41) is 2.88.